The van der Waals surface area contributed by atoms with Gasteiger partial charge in [-0.25, -0.2) is 4.79 Å². The van der Waals surface area contributed by atoms with Crippen molar-refractivity contribution in [3.63, 3.8) is 0 Å². The summed E-state index contributed by atoms with van der Waals surface area (Å²) in [5.41, 5.74) is 3.63. The molecule has 1 fully saturated rings. The number of epoxide rings is 1. The van der Waals surface area contributed by atoms with Crippen molar-refractivity contribution in [2.24, 2.45) is 0 Å². The van der Waals surface area contributed by atoms with Gasteiger partial charge in [0.1, 0.15) is 18.5 Å². The van der Waals surface area contributed by atoms with Gasteiger partial charge in [0.05, 0.1) is 25.4 Å². The number of rotatable bonds is 12. The maximum absolute atomic E-state index is 13.4. The summed E-state index contributed by atoms with van der Waals surface area (Å²) in [6, 6.07) is 32.7. The van der Waals surface area contributed by atoms with E-state index in [4.69, 9.17) is 18.9 Å². The second-order valence-electron chi connectivity index (χ2n) is 8.92. The zero-order chi connectivity index (χ0) is 26.2. The molecule has 1 aliphatic heterocycles. The number of carbonyl (C=O) groups is 2. The largest absolute Gasteiger partial charge is 0.491 e. The number of hydrogen-bond acceptors (Lipinski definition) is 6. The lowest BCUT2D eigenvalue weighted by Gasteiger charge is -2.18. The molecule has 0 saturated carbocycles. The minimum absolute atomic E-state index is 0.249. The minimum Gasteiger partial charge on any atom is -0.491 e. The van der Waals surface area contributed by atoms with Gasteiger partial charge < -0.3 is 18.9 Å². The van der Waals surface area contributed by atoms with Gasteiger partial charge in [-0.15, -0.1) is 0 Å². The van der Waals surface area contributed by atoms with Crippen molar-refractivity contribution in [3.05, 3.63) is 137 Å². The molecule has 192 valence electrons. The lowest BCUT2D eigenvalue weighted by atomic mass is 9.99. The van der Waals surface area contributed by atoms with Crippen molar-refractivity contribution < 1.29 is 28.5 Å². The maximum Gasteiger partial charge on any atom is 0.339 e. The number of esters is 1. The van der Waals surface area contributed by atoms with E-state index in [9.17, 15) is 9.59 Å². The zero-order valence-corrected chi connectivity index (χ0v) is 20.8. The first-order valence-corrected chi connectivity index (χ1v) is 12.5. The van der Waals surface area contributed by atoms with Crippen LogP contribution >= 0.6 is 0 Å². The van der Waals surface area contributed by atoms with E-state index in [0.29, 0.717) is 42.3 Å². The van der Waals surface area contributed by atoms with Crippen molar-refractivity contribution in [1.29, 1.82) is 0 Å². The molecular formula is C32H28O6. The summed E-state index contributed by atoms with van der Waals surface area (Å²) in [6.07, 6.45) is -0.868. The number of ether oxygens (including phenoxy) is 4. The quantitative estimate of drug-likeness (QED) is 0.0991. The Labute approximate surface area is 221 Å². The molecule has 0 aromatic heterocycles. The molecule has 6 heteroatoms. The first-order valence-electron chi connectivity index (χ1n) is 12.5. The van der Waals surface area contributed by atoms with Crippen LogP contribution in [0.2, 0.25) is 0 Å². The van der Waals surface area contributed by atoms with E-state index in [-0.39, 0.29) is 11.9 Å². The van der Waals surface area contributed by atoms with E-state index in [1.54, 1.807) is 72.8 Å². The number of carbonyl (C=O) groups excluding carboxylic acids is 2. The van der Waals surface area contributed by atoms with Crippen molar-refractivity contribution in [3.8, 4) is 5.75 Å². The van der Waals surface area contributed by atoms with E-state index < -0.39 is 12.1 Å². The van der Waals surface area contributed by atoms with Crippen LogP contribution in [0.25, 0.3) is 0 Å². The molecule has 1 heterocycles. The molecule has 2 unspecified atom stereocenters. The van der Waals surface area contributed by atoms with Gasteiger partial charge in [0.2, 0.25) is 5.78 Å². The molecule has 1 saturated heterocycles. The fourth-order valence-corrected chi connectivity index (χ4v) is 4.02. The van der Waals surface area contributed by atoms with Crippen molar-refractivity contribution in [2.45, 2.75) is 18.8 Å². The van der Waals surface area contributed by atoms with Crippen LogP contribution in [0.15, 0.2) is 109 Å². The van der Waals surface area contributed by atoms with Gasteiger partial charge >= 0.3 is 5.97 Å². The fraction of sp³-hybridized carbons (Fsp3) is 0.188. The summed E-state index contributed by atoms with van der Waals surface area (Å²) in [7, 11) is 0. The lowest BCUT2D eigenvalue weighted by molar-refractivity contribution is 0.0279. The highest BCUT2D eigenvalue weighted by Crippen LogP contribution is 2.30. The molecule has 4 aromatic rings. The summed E-state index contributed by atoms with van der Waals surface area (Å²) < 4.78 is 22.7. The van der Waals surface area contributed by atoms with E-state index in [1.165, 1.54) is 5.56 Å². The molecule has 5 rings (SSSR count). The molecule has 0 spiro atoms. The molecular weight excluding hydrogens is 480 g/mol. The Bertz CT molecular complexity index is 1350. The Kier molecular flexibility index (Phi) is 8.23. The average molecular weight is 509 g/mol. The maximum atomic E-state index is 13.4. The Hall–Kier alpha value is -4.26. The molecule has 0 aliphatic carbocycles. The Balaban J connectivity index is 1.21. The minimum atomic E-state index is -1.12. The molecule has 38 heavy (non-hydrogen) atoms. The SMILES string of the molecule is O=C(OC(C(=O)c1ccccc1)c1cccc(OCCOCc2ccc(C3CO3)cc2)c1)c1ccccc1. The standard InChI is InChI=1S/C32H28O6/c33-30(25-8-3-1-4-9-25)31(38-32(34)26-10-5-2-6-11-26)27-12-7-13-28(20-27)36-19-18-35-21-23-14-16-24(17-15-23)29-22-37-29/h1-17,20,29,31H,18-19,21-22H2. The van der Waals surface area contributed by atoms with Gasteiger partial charge in [-0.05, 0) is 35.4 Å². The second-order valence-corrected chi connectivity index (χ2v) is 8.92. The van der Waals surface area contributed by atoms with Crippen LogP contribution in [-0.4, -0.2) is 31.6 Å². The summed E-state index contributed by atoms with van der Waals surface area (Å²) in [5, 5.41) is 0. The third kappa shape index (κ3) is 6.73. The monoisotopic (exact) mass is 508 g/mol. The molecule has 0 radical (unpaired) electrons. The van der Waals surface area contributed by atoms with E-state index in [2.05, 4.69) is 12.1 Å². The predicted molar refractivity (Wildman–Crippen MR) is 142 cm³/mol. The summed E-state index contributed by atoms with van der Waals surface area (Å²) in [5.74, 6) is -0.326. The molecule has 6 nitrogen and oxygen atoms in total. The molecule has 0 N–H and O–H groups in total. The number of Topliss-reactive ketones (excluding diaryl/α,β-unsaturated/α-hetero) is 1. The smallest absolute Gasteiger partial charge is 0.339 e. The number of hydrogen-bond donors (Lipinski definition) is 0. The summed E-state index contributed by atoms with van der Waals surface area (Å²) >= 11 is 0. The van der Waals surface area contributed by atoms with Gasteiger partial charge in [-0.1, -0.05) is 84.9 Å². The number of ketones is 1. The van der Waals surface area contributed by atoms with Gasteiger partial charge in [-0.3, -0.25) is 4.79 Å². The third-order valence-electron chi connectivity index (χ3n) is 6.14. The van der Waals surface area contributed by atoms with E-state index in [1.807, 2.05) is 24.3 Å². The van der Waals surface area contributed by atoms with Crippen LogP contribution in [0, 0.1) is 0 Å². The molecule has 1 aliphatic rings. The highest BCUT2D eigenvalue weighted by Gasteiger charge is 2.27. The van der Waals surface area contributed by atoms with Crippen LogP contribution in [0.3, 0.4) is 0 Å². The van der Waals surface area contributed by atoms with Gasteiger partial charge in [0.15, 0.2) is 6.10 Å². The highest BCUT2D eigenvalue weighted by atomic mass is 16.6. The Morgan fingerprint density at radius 3 is 2.16 bits per heavy atom. The Morgan fingerprint density at radius 1 is 0.789 bits per heavy atom. The second kappa shape index (κ2) is 12.3. The first kappa shape index (κ1) is 25.4. The summed E-state index contributed by atoms with van der Waals surface area (Å²) in [4.78, 5) is 26.2. The predicted octanol–water partition coefficient (Wildman–Crippen LogP) is 6.13. The van der Waals surface area contributed by atoms with Gasteiger partial charge in [0.25, 0.3) is 0 Å². The summed E-state index contributed by atoms with van der Waals surface area (Å²) in [6.45, 7) is 2.01. The van der Waals surface area contributed by atoms with Crippen LogP contribution < -0.4 is 4.74 Å². The average Bonchev–Trinajstić information content (AvgIpc) is 3.82. The lowest BCUT2D eigenvalue weighted by Crippen LogP contribution is -2.20. The van der Waals surface area contributed by atoms with Crippen LogP contribution in [0.1, 0.15) is 49.6 Å². The van der Waals surface area contributed by atoms with Crippen LogP contribution in [0.4, 0.5) is 0 Å². The van der Waals surface area contributed by atoms with Crippen LogP contribution in [-0.2, 0) is 20.8 Å². The highest BCUT2D eigenvalue weighted by molar-refractivity contribution is 6.02. The molecule has 0 bridgehead atoms. The van der Waals surface area contributed by atoms with E-state index in [0.717, 1.165) is 12.2 Å². The van der Waals surface area contributed by atoms with E-state index >= 15 is 0 Å². The van der Waals surface area contributed by atoms with Gasteiger partial charge in [-0.2, -0.15) is 0 Å². The van der Waals surface area contributed by atoms with Crippen molar-refractivity contribution in [1.82, 2.24) is 0 Å². The third-order valence-corrected chi connectivity index (χ3v) is 6.14. The molecule has 0 amide bonds. The van der Waals surface area contributed by atoms with Crippen LogP contribution in [0.5, 0.6) is 5.75 Å². The van der Waals surface area contributed by atoms with Gasteiger partial charge in [0, 0.05) is 11.1 Å². The first-order chi connectivity index (χ1) is 18.7. The number of benzene rings is 4. The Morgan fingerprint density at radius 2 is 1.47 bits per heavy atom. The molecule has 2 atom stereocenters. The topological polar surface area (TPSA) is 74.4 Å². The normalized spacial score (nSPS) is 14.9. The molecule has 4 aromatic carbocycles. The fourth-order valence-electron chi connectivity index (χ4n) is 4.02. The zero-order valence-electron chi connectivity index (χ0n) is 20.8. The van der Waals surface area contributed by atoms with Crippen molar-refractivity contribution in [2.75, 3.05) is 19.8 Å². The van der Waals surface area contributed by atoms with Crippen molar-refractivity contribution >= 4 is 11.8 Å².